The van der Waals surface area contributed by atoms with Gasteiger partial charge in [-0.15, -0.1) is 0 Å². The van der Waals surface area contributed by atoms with Crippen LogP contribution >= 0.6 is 0 Å². The van der Waals surface area contributed by atoms with Crippen molar-refractivity contribution in [1.29, 1.82) is 0 Å². The summed E-state index contributed by atoms with van der Waals surface area (Å²) in [7, 11) is 0. The molecule has 2 heterocycles. The number of amides is 5. The standard InChI is InChI=1S/C28H38N6O8/c1-13(2)9-19-26(40)31-20(10-16-12-29-18-8-6-5-7-17(16)18)27(41)32-21(11-22(36)37)25(39)30-14(3)24(38)34-23(15(4)35)28(42)33-19/h5-8,12-15,19-21,23,29,35H,9-11H2,1-4H3,(H,30,39)(H,31,40)(H,32,41)(H,33,42)(H,34,38)(H,36,37)/t14-,15+,19-,20+,21+,23+/m0/s1. The normalized spacial score (nSPS) is 25.4. The Labute approximate surface area is 242 Å². The fourth-order valence-corrected chi connectivity index (χ4v) is 4.69. The molecule has 1 fully saturated rings. The van der Waals surface area contributed by atoms with Crippen LogP contribution in [-0.4, -0.2) is 87.0 Å². The number of carbonyl (C=O) groups is 6. The maximum atomic E-state index is 13.6. The van der Waals surface area contributed by atoms with Gasteiger partial charge in [-0.3, -0.25) is 28.8 Å². The van der Waals surface area contributed by atoms with Gasteiger partial charge in [0, 0.05) is 23.5 Å². The van der Waals surface area contributed by atoms with Crippen molar-refractivity contribution < 1.29 is 39.0 Å². The Balaban J connectivity index is 2.05. The molecule has 1 aliphatic heterocycles. The number of aliphatic hydroxyl groups is 1. The van der Waals surface area contributed by atoms with E-state index in [1.54, 1.807) is 6.20 Å². The summed E-state index contributed by atoms with van der Waals surface area (Å²) in [6.45, 7) is 6.24. The average Bonchev–Trinajstić information content (AvgIpc) is 3.31. The molecule has 14 nitrogen and oxygen atoms in total. The van der Waals surface area contributed by atoms with Gasteiger partial charge in [0.05, 0.1) is 12.5 Å². The zero-order chi connectivity index (χ0) is 31.1. The number of aromatic nitrogens is 1. The molecule has 1 aromatic carbocycles. The zero-order valence-electron chi connectivity index (χ0n) is 23.9. The number of nitrogens with one attached hydrogen (secondary N) is 6. The molecule has 1 aromatic heterocycles. The first-order valence-electron chi connectivity index (χ1n) is 13.7. The average molecular weight is 587 g/mol. The summed E-state index contributed by atoms with van der Waals surface area (Å²) in [5.41, 5.74) is 1.46. The number of aliphatic hydroxyl groups excluding tert-OH is 1. The summed E-state index contributed by atoms with van der Waals surface area (Å²) in [4.78, 5) is 80.8. The Kier molecular flexibility index (Phi) is 10.6. The van der Waals surface area contributed by atoms with Crippen LogP contribution in [0, 0.1) is 5.92 Å². The number of H-pyrrole nitrogens is 1. The van der Waals surface area contributed by atoms with Crippen LogP contribution in [0.2, 0.25) is 0 Å². The smallest absolute Gasteiger partial charge is 0.305 e. The SMILES string of the molecule is CC(C)C[C@@H]1NC(=O)[C@@H]([C@@H](C)O)NC(=O)[C@H](C)NC(=O)[C@@H](CC(=O)O)NC(=O)[C@@H](Cc2c[nH]c3ccccc23)NC1=O. The highest BCUT2D eigenvalue weighted by atomic mass is 16.4. The predicted molar refractivity (Wildman–Crippen MR) is 151 cm³/mol. The summed E-state index contributed by atoms with van der Waals surface area (Å²) < 4.78 is 0. The van der Waals surface area contributed by atoms with Crippen molar-refractivity contribution in [1.82, 2.24) is 31.6 Å². The molecule has 8 N–H and O–H groups in total. The molecule has 6 atom stereocenters. The highest BCUT2D eigenvalue weighted by Gasteiger charge is 2.35. The summed E-state index contributed by atoms with van der Waals surface area (Å²) >= 11 is 0. The first kappa shape index (κ1) is 32.1. The molecule has 1 aliphatic rings. The summed E-state index contributed by atoms with van der Waals surface area (Å²) in [6.07, 6.45) is -0.352. The van der Waals surface area contributed by atoms with Gasteiger partial charge in [0.15, 0.2) is 0 Å². The van der Waals surface area contributed by atoms with Crippen LogP contribution in [0.25, 0.3) is 10.9 Å². The number of benzene rings is 1. The second kappa shape index (κ2) is 13.9. The van der Waals surface area contributed by atoms with E-state index in [1.807, 2.05) is 38.1 Å². The number of aromatic amines is 1. The third-order valence-electron chi connectivity index (χ3n) is 6.90. The minimum Gasteiger partial charge on any atom is -0.481 e. The van der Waals surface area contributed by atoms with Crippen molar-refractivity contribution in [2.45, 2.75) is 83.3 Å². The van der Waals surface area contributed by atoms with Crippen LogP contribution < -0.4 is 26.6 Å². The van der Waals surface area contributed by atoms with Crippen LogP contribution in [-0.2, 0) is 35.2 Å². The number of carboxylic acid groups (broad SMARTS) is 1. The van der Waals surface area contributed by atoms with E-state index in [0.717, 1.165) is 10.9 Å². The van der Waals surface area contributed by atoms with E-state index in [1.165, 1.54) is 13.8 Å². The monoisotopic (exact) mass is 586 g/mol. The molecule has 42 heavy (non-hydrogen) atoms. The fraction of sp³-hybridized carbons (Fsp3) is 0.500. The molecule has 3 rings (SSSR count). The lowest BCUT2D eigenvalue weighted by Crippen LogP contribution is -2.60. The second-order valence-corrected chi connectivity index (χ2v) is 10.9. The van der Waals surface area contributed by atoms with E-state index in [-0.39, 0.29) is 18.8 Å². The van der Waals surface area contributed by atoms with Gasteiger partial charge in [0.25, 0.3) is 0 Å². The highest BCUT2D eigenvalue weighted by Crippen LogP contribution is 2.19. The lowest BCUT2D eigenvalue weighted by molar-refractivity contribution is -0.141. The zero-order valence-corrected chi connectivity index (χ0v) is 23.9. The topological polar surface area (TPSA) is 219 Å². The molecule has 0 unspecified atom stereocenters. The van der Waals surface area contributed by atoms with Gasteiger partial charge < -0.3 is 41.8 Å². The highest BCUT2D eigenvalue weighted by molar-refractivity contribution is 5.99. The number of carbonyl (C=O) groups excluding carboxylic acids is 5. The molecular weight excluding hydrogens is 548 g/mol. The summed E-state index contributed by atoms with van der Waals surface area (Å²) in [5.74, 6) is -5.66. The number of carboxylic acids is 1. The molecule has 5 amide bonds. The van der Waals surface area contributed by atoms with Gasteiger partial charge >= 0.3 is 5.97 Å². The van der Waals surface area contributed by atoms with E-state index in [0.29, 0.717) is 5.56 Å². The third-order valence-corrected chi connectivity index (χ3v) is 6.90. The molecule has 228 valence electrons. The summed E-state index contributed by atoms with van der Waals surface area (Å²) in [5, 5.41) is 32.8. The quantitative estimate of drug-likeness (QED) is 0.202. The van der Waals surface area contributed by atoms with Crippen molar-refractivity contribution in [3.8, 4) is 0 Å². The number of hydrogen-bond donors (Lipinski definition) is 8. The first-order chi connectivity index (χ1) is 19.8. The minimum atomic E-state index is -1.59. The molecule has 0 bridgehead atoms. The Bertz CT molecular complexity index is 1340. The van der Waals surface area contributed by atoms with E-state index in [9.17, 15) is 39.0 Å². The Hall–Kier alpha value is -4.46. The lowest BCUT2D eigenvalue weighted by atomic mass is 10.00. The van der Waals surface area contributed by atoms with Gasteiger partial charge in [-0.25, -0.2) is 0 Å². The van der Waals surface area contributed by atoms with Gasteiger partial charge in [-0.1, -0.05) is 32.0 Å². The Morgan fingerprint density at radius 2 is 1.40 bits per heavy atom. The Morgan fingerprint density at radius 3 is 2.05 bits per heavy atom. The largest absolute Gasteiger partial charge is 0.481 e. The van der Waals surface area contributed by atoms with Crippen molar-refractivity contribution in [3.05, 3.63) is 36.0 Å². The molecule has 1 saturated heterocycles. The van der Waals surface area contributed by atoms with E-state index >= 15 is 0 Å². The van der Waals surface area contributed by atoms with Crippen LogP contribution in [0.3, 0.4) is 0 Å². The van der Waals surface area contributed by atoms with Crippen LogP contribution in [0.15, 0.2) is 30.5 Å². The fourth-order valence-electron chi connectivity index (χ4n) is 4.69. The van der Waals surface area contributed by atoms with Crippen molar-refractivity contribution in [2.24, 2.45) is 5.92 Å². The predicted octanol–water partition coefficient (Wildman–Crippen LogP) is -0.930. The second-order valence-electron chi connectivity index (χ2n) is 10.9. The van der Waals surface area contributed by atoms with Gasteiger partial charge in [-0.2, -0.15) is 0 Å². The van der Waals surface area contributed by atoms with E-state index in [2.05, 4.69) is 31.6 Å². The van der Waals surface area contributed by atoms with Crippen LogP contribution in [0.1, 0.15) is 46.1 Å². The number of rotatable bonds is 7. The molecule has 0 saturated carbocycles. The molecule has 0 radical (unpaired) electrons. The van der Waals surface area contributed by atoms with Gasteiger partial charge in [0.1, 0.15) is 30.2 Å². The van der Waals surface area contributed by atoms with E-state index < -0.39 is 78.2 Å². The Morgan fingerprint density at radius 1 is 0.810 bits per heavy atom. The minimum absolute atomic E-state index is 0.0297. The van der Waals surface area contributed by atoms with Crippen molar-refractivity contribution >= 4 is 46.4 Å². The maximum Gasteiger partial charge on any atom is 0.305 e. The van der Waals surface area contributed by atoms with Crippen molar-refractivity contribution in [2.75, 3.05) is 0 Å². The van der Waals surface area contributed by atoms with Gasteiger partial charge in [-0.05, 0) is 37.8 Å². The lowest BCUT2D eigenvalue weighted by Gasteiger charge is -2.27. The number of fused-ring (bicyclic) bond motifs is 1. The number of para-hydroxylation sites is 1. The van der Waals surface area contributed by atoms with Crippen LogP contribution in [0.5, 0.6) is 0 Å². The number of hydrogen-bond acceptors (Lipinski definition) is 7. The van der Waals surface area contributed by atoms with Gasteiger partial charge in [0.2, 0.25) is 29.5 Å². The molecule has 0 spiro atoms. The van der Waals surface area contributed by atoms with E-state index in [4.69, 9.17) is 0 Å². The maximum absolute atomic E-state index is 13.6. The number of aliphatic carboxylic acids is 1. The molecule has 2 aromatic rings. The first-order valence-corrected chi connectivity index (χ1v) is 13.7. The molecule has 14 heteroatoms. The summed E-state index contributed by atoms with van der Waals surface area (Å²) in [6, 6.07) is 0.563. The third kappa shape index (κ3) is 8.28. The molecule has 0 aliphatic carbocycles. The molecular formula is C28H38N6O8. The van der Waals surface area contributed by atoms with Crippen molar-refractivity contribution in [3.63, 3.8) is 0 Å². The van der Waals surface area contributed by atoms with Crippen LogP contribution in [0.4, 0.5) is 0 Å².